The Morgan fingerprint density at radius 1 is 1.40 bits per heavy atom. The van der Waals surface area contributed by atoms with Crippen molar-refractivity contribution >= 4 is 17.6 Å². The fourth-order valence-corrected chi connectivity index (χ4v) is 1.51. The van der Waals surface area contributed by atoms with E-state index in [0.29, 0.717) is 5.56 Å². The van der Waals surface area contributed by atoms with E-state index in [0.717, 1.165) is 6.07 Å². The van der Waals surface area contributed by atoms with Crippen LogP contribution in [0, 0.1) is 17.0 Å². The van der Waals surface area contributed by atoms with Crippen LogP contribution < -0.4 is 5.32 Å². The van der Waals surface area contributed by atoms with Crippen LogP contribution in [0.1, 0.15) is 29.8 Å². The van der Waals surface area contributed by atoms with E-state index < -0.39 is 23.4 Å². The number of nitro groups is 1. The van der Waals surface area contributed by atoms with Gasteiger partial charge in [0, 0.05) is 17.7 Å². The number of benzene rings is 1. The lowest BCUT2D eigenvalue weighted by molar-refractivity contribution is -0.385. The third-order valence-corrected chi connectivity index (χ3v) is 2.43. The predicted octanol–water partition coefficient (Wildman–Crippen LogP) is 1.58. The second kappa shape index (κ2) is 6.65. The largest absolute Gasteiger partial charge is 0.452 e. The van der Waals surface area contributed by atoms with Crippen LogP contribution in [0.3, 0.4) is 0 Å². The minimum atomic E-state index is -0.771. The van der Waals surface area contributed by atoms with E-state index in [2.05, 4.69) is 5.32 Å². The highest BCUT2D eigenvalue weighted by atomic mass is 16.6. The van der Waals surface area contributed by atoms with Crippen LogP contribution in [-0.4, -0.2) is 29.4 Å². The molecule has 108 valence electrons. The molecule has 1 aromatic carbocycles. The van der Waals surface area contributed by atoms with Crippen LogP contribution in [-0.2, 0) is 9.53 Å². The molecule has 0 atom stereocenters. The average molecular weight is 280 g/mol. The van der Waals surface area contributed by atoms with E-state index in [1.807, 2.05) is 0 Å². The molecule has 20 heavy (non-hydrogen) atoms. The van der Waals surface area contributed by atoms with Gasteiger partial charge in [0.2, 0.25) is 0 Å². The molecule has 1 N–H and O–H groups in total. The smallest absolute Gasteiger partial charge is 0.338 e. The zero-order valence-corrected chi connectivity index (χ0v) is 11.5. The highest BCUT2D eigenvalue weighted by molar-refractivity contribution is 5.92. The SMILES string of the molecule is Cc1ccc(C(=O)OCC(=O)NC(C)C)cc1[N+](=O)[O-]. The van der Waals surface area contributed by atoms with E-state index in [4.69, 9.17) is 4.74 Å². The number of carbonyl (C=O) groups excluding carboxylic acids is 2. The van der Waals surface area contributed by atoms with Crippen molar-refractivity contribution in [3.8, 4) is 0 Å². The summed E-state index contributed by atoms with van der Waals surface area (Å²) in [7, 11) is 0. The number of carbonyl (C=O) groups is 2. The van der Waals surface area contributed by atoms with E-state index in [9.17, 15) is 19.7 Å². The van der Waals surface area contributed by atoms with Crippen LogP contribution in [0.25, 0.3) is 0 Å². The van der Waals surface area contributed by atoms with Gasteiger partial charge in [-0.1, -0.05) is 6.07 Å². The number of amides is 1. The Bertz CT molecular complexity index is 540. The van der Waals surface area contributed by atoms with Gasteiger partial charge in [-0.2, -0.15) is 0 Å². The molecule has 0 aliphatic carbocycles. The maximum atomic E-state index is 11.7. The van der Waals surface area contributed by atoms with E-state index in [-0.39, 0.29) is 17.3 Å². The van der Waals surface area contributed by atoms with E-state index in [1.54, 1.807) is 20.8 Å². The number of aryl methyl sites for hydroxylation is 1. The van der Waals surface area contributed by atoms with Gasteiger partial charge in [-0.3, -0.25) is 14.9 Å². The first-order chi connectivity index (χ1) is 9.31. The zero-order chi connectivity index (χ0) is 15.3. The first-order valence-electron chi connectivity index (χ1n) is 6.02. The molecular weight excluding hydrogens is 264 g/mol. The second-order valence-corrected chi connectivity index (χ2v) is 4.56. The summed E-state index contributed by atoms with van der Waals surface area (Å²) in [6, 6.07) is 3.97. The zero-order valence-electron chi connectivity index (χ0n) is 11.5. The standard InChI is InChI=1S/C13H16N2O5/c1-8(2)14-12(16)7-20-13(17)10-5-4-9(3)11(6-10)15(18)19/h4-6,8H,7H2,1-3H3,(H,14,16). The molecule has 0 spiro atoms. The molecule has 7 heteroatoms. The maximum absolute atomic E-state index is 11.7. The number of hydrogen-bond donors (Lipinski definition) is 1. The third kappa shape index (κ3) is 4.34. The minimum absolute atomic E-state index is 0.0413. The number of hydrogen-bond acceptors (Lipinski definition) is 5. The molecule has 0 aliphatic rings. The molecule has 1 aromatic rings. The van der Waals surface area contributed by atoms with Gasteiger partial charge in [0.25, 0.3) is 11.6 Å². The van der Waals surface area contributed by atoms with Crippen molar-refractivity contribution in [2.45, 2.75) is 26.8 Å². The van der Waals surface area contributed by atoms with Crippen molar-refractivity contribution < 1.29 is 19.2 Å². The van der Waals surface area contributed by atoms with Gasteiger partial charge in [0.05, 0.1) is 10.5 Å². The average Bonchev–Trinajstić information content (AvgIpc) is 2.35. The Labute approximate surface area is 116 Å². The van der Waals surface area contributed by atoms with Crippen LogP contribution in [0.5, 0.6) is 0 Å². The molecule has 0 radical (unpaired) electrons. The summed E-state index contributed by atoms with van der Waals surface area (Å²) in [4.78, 5) is 33.2. The van der Waals surface area contributed by atoms with Crippen LogP contribution in [0.4, 0.5) is 5.69 Å². The molecule has 1 rings (SSSR count). The van der Waals surface area contributed by atoms with Crippen LogP contribution in [0.2, 0.25) is 0 Å². The Morgan fingerprint density at radius 2 is 2.05 bits per heavy atom. The van der Waals surface area contributed by atoms with E-state index in [1.165, 1.54) is 12.1 Å². The third-order valence-electron chi connectivity index (χ3n) is 2.43. The van der Waals surface area contributed by atoms with Gasteiger partial charge < -0.3 is 10.1 Å². The summed E-state index contributed by atoms with van der Waals surface area (Å²) in [5, 5.41) is 13.3. The monoisotopic (exact) mass is 280 g/mol. The number of nitrogens with zero attached hydrogens (tertiary/aromatic N) is 1. The molecule has 0 saturated carbocycles. The second-order valence-electron chi connectivity index (χ2n) is 4.56. The normalized spacial score (nSPS) is 10.2. The molecule has 7 nitrogen and oxygen atoms in total. The van der Waals surface area contributed by atoms with Gasteiger partial charge in [0.1, 0.15) is 0 Å². The lowest BCUT2D eigenvalue weighted by Gasteiger charge is -2.09. The van der Waals surface area contributed by atoms with Crippen molar-refractivity contribution in [1.29, 1.82) is 0 Å². The molecule has 0 aliphatic heterocycles. The lowest BCUT2D eigenvalue weighted by Crippen LogP contribution is -2.33. The Hall–Kier alpha value is -2.44. The predicted molar refractivity (Wildman–Crippen MR) is 71.4 cm³/mol. The first-order valence-corrected chi connectivity index (χ1v) is 6.02. The van der Waals surface area contributed by atoms with Gasteiger partial charge in [-0.05, 0) is 26.8 Å². The van der Waals surface area contributed by atoms with Gasteiger partial charge in [-0.25, -0.2) is 4.79 Å². The van der Waals surface area contributed by atoms with Crippen molar-refractivity contribution in [2.75, 3.05) is 6.61 Å². The number of rotatable bonds is 5. The summed E-state index contributed by atoms with van der Waals surface area (Å²) in [6.45, 7) is 4.72. The number of nitrogens with one attached hydrogen (secondary N) is 1. The Kier molecular flexibility index (Phi) is 5.19. The quantitative estimate of drug-likeness (QED) is 0.501. The molecule has 0 bridgehead atoms. The highest BCUT2D eigenvalue weighted by Gasteiger charge is 2.16. The van der Waals surface area contributed by atoms with Crippen molar-refractivity contribution in [3.05, 3.63) is 39.4 Å². The van der Waals surface area contributed by atoms with Gasteiger partial charge in [-0.15, -0.1) is 0 Å². The first kappa shape index (κ1) is 15.6. The fraction of sp³-hybridized carbons (Fsp3) is 0.385. The molecule has 0 fully saturated rings. The number of ether oxygens (including phenoxy) is 1. The summed E-state index contributed by atoms with van der Waals surface area (Å²) >= 11 is 0. The van der Waals surface area contributed by atoms with Crippen LogP contribution in [0.15, 0.2) is 18.2 Å². The van der Waals surface area contributed by atoms with Crippen molar-refractivity contribution in [2.24, 2.45) is 0 Å². The summed E-state index contributed by atoms with van der Waals surface area (Å²) in [5.74, 6) is -1.19. The molecule has 0 unspecified atom stereocenters. The molecule has 1 amide bonds. The van der Waals surface area contributed by atoms with Crippen LogP contribution >= 0.6 is 0 Å². The molecule has 0 aromatic heterocycles. The summed E-state index contributed by atoms with van der Waals surface area (Å²) in [6.07, 6.45) is 0. The van der Waals surface area contributed by atoms with Crippen molar-refractivity contribution in [3.63, 3.8) is 0 Å². The van der Waals surface area contributed by atoms with E-state index >= 15 is 0 Å². The van der Waals surface area contributed by atoms with Gasteiger partial charge in [0.15, 0.2) is 6.61 Å². The minimum Gasteiger partial charge on any atom is -0.452 e. The van der Waals surface area contributed by atoms with Crippen molar-refractivity contribution in [1.82, 2.24) is 5.32 Å². The Morgan fingerprint density at radius 3 is 2.60 bits per heavy atom. The fourth-order valence-electron chi connectivity index (χ4n) is 1.51. The molecule has 0 saturated heterocycles. The maximum Gasteiger partial charge on any atom is 0.338 e. The lowest BCUT2D eigenvalue weighted by atomic mass is 10.1. The molecular formula is C13H16N2O5. The molecule has 0 heterocycles. The topological polar surface area (TPSA) is 98.5 Å². The van der Waals surface area contributed by atoms with Gasteiger partial charge >= 0.3 is 5.97 Å². The summed E-state index contributed by atoms with van der Waals surface area (Å²) in [5.41, 5.74) is 0.329. The summed E-state index contributed by atoms with van der Waals surface area (Å²) < 4.78 is 4.79. The highest BCUT2D eigenvalue weighted by Crippen LogP contribution is 2.19. The Balaban J connectivity index is 2.71. The number of nitro benzene ring substituents is 1. The number of esters is 1.